The highest BCUT2D eigenvalue weighted by Crippen LogP contribution is 2.13. The fourth-order valence-corrected chi connectivity index (χ4v) is 1.59. The first-order chi connectivity index (χ1) is 7.60. The lowest BCUT2D eigenvalue weighted by molar-refractivity contribution is 0.102. The molecule has 0 saturated heterocycles. The Bertz CT molecular complexity index is 148. The Hall–Kier alpha value is -0.120. The van der Waals surface area contributed by atoms with Gasteiger partial charge in [-0.05, 0) is 25.2 Å². The molecule has 0 aromatic heterocycles. The topological polar surface area (TPSA) is 41.5 Å². The van der Waals surface area contributed by atoms with Crippen molar-refractivity contribution in [2.75, 3.05) is 26.4 Å². The summed E-state index contributed by atoms with van der Waals surface area (Å²) in [7, 11) is 0. The number of hydrogen-bond acceptors (Lipinski definition) is 3. The number of aliphatic hydroxyl groups excluding tert-OH is 1. The van der Waals surface area contributed by atoms with Crippen LogP contribution in [0.25, 0.3) is 0 Å². The largest absolute Gasteiger partial charge is 0.394 e. The van der Waals surface area contributed by atoms with E-state index in [1.54, 1.807) is 0 Å². The molecule has 16 heavy (non-hydrogen) atoms. The number of ether oxygens (including phenoxy) is 1. The lowest BCUT2D eigenvalue weighted by atomic mass is 9.94. The second-order valence-corrected chi connectivity index (χ2v) is 4.87. The molecule has 0 amide bonds. The van der Waals surface area contributed by atoms with Gasteiger partial charge in [0.1, 0.15) is 0 Å². The molecule has 0 aromatic carbocycles. The summed E-state index contributed by atoms with van der Waals surface area (Å²) < 4.78 is 5.53. The SMILES string of the molecule is CCC(CC)(CO)NCCOCCC(C)C. The summed E-state index contributed by atoms with van der Waals surface area (Å²) in [5, 5.41) is 12.7. The van der Waals surface area contributed by atoms with Crippen LogP contribution < -0.4 is 5.32 Å². The molecule has 3 nitrogen and oxygen atoms in total. The van der Waals surface area contributed by atoms with Crippen LogP contribution in [0, 0.1) is 5.92 Å². The van der Waals surface area contributed by atoms with Gasteiger partial charge >= 0.3 is 0 Å². The van der Waals surface area contributed by atoms with Crippen molar-refractivity contribution in [3.05, 3.63) is 0 Å². The smallest absolute Gasteiger partial charge is 0.0613 e. The zero-order valence-electron chi connectivity index (χ0n) is 11.4. The third kappa shape index (κ3) is 6.46. The number of rotatable bonds is 10. The van der Waals surface area contributed by atoms with Crippen molar-refractivity contribution in [2.45, 2.75) is 52.5 Å². The molecular formula is C13H29NO2. The summed E-state index contributed by atoms with van der Waals surface area (Å²) in [6.45, 7) is 11.2. The molecule has 98 valence electrons. The minimum absolute atomic E-state index is 0.110. The maximum atomic E-state index is 9.35. The molecule has 0 rings (SSSR count). The van der Waals surface area contributed by atoms with Crippen LogP contribution in [0.1, 0.15) is 47.0 Å². The van der Waals surface area contributed by atoms with E-state index in [1.807, 2.05) is 0 Å². The third-order valence-electron chi connectivity index (χ3n) is 3.24. The molecular weight excluding hydrogens is 202 g/mol. The second-order valence-electron chi connectivity index (χ2n) is 4.87. The molecule has 0 aromatic rings. The van der Waals surface area contributed by atoms with E-state index < -0.39 is 0 Å². The molecule has 0 atom stereocenters. The number of aliphatic hydroxyl groups is 1. The monoisotopic (exact) mass is 231 g/mol. The van der Waals surface area contributed by atoms with Gasteiger partial charge in [0.2, 0.25) is 0 Å². The Labute approximate surface area is 101 Å². The van der Waals surface area contributed by atoms with Gasteiger partial charge in [-0.25, -0.2) is 0 Å². The molecule has 0 radical (unpaired) electrons. The van der Waals surface area contributed by atoms with Gasteiger partial charge in [-0.2, -0.15) is 0 Å². The van der Waals surface area contributed by atoms with Crippen LogP contribution in [0.3, 0.4) is 0 Å². The maximum absolute atomic E-state index is 9.35. The lowest BCUT2D eigenvalue weighted by Crippen LogP contribution is -2.48. The average Bonchev–Trinajstić information content (AvgIpc) is 2.29. The third-order valence-corrected chi connectivity index (χ3v) is 3.24. The molecule has 0 aliphatic rings. The van der Waals surface area contributed by atoms with E-state index in [4.69, 9.17) is 4.74 Å². The van der Waals surface area contributed by atoms with E-state index in [-0.39, 0.29) is 12.1 Å². The van der Waals surface area contributed by atoms with Crippen LogP contribution in [0.2, 0.25) is 0 Å². The molecule has 2 N–H and O–H groups in total. The van der Waals surface area contributed by atoms with Crippen molar-refractivity contribution in [1.82, 2.24) is 5.32 Å². The van der Waals surface area contributed by atoms with Gasteiger partial charge in [0.05, 0.1) is 13.2 Å². The van der Waals surface area contributed by atoms with Gasteiger partial charge in [-0.1, -0.05) is 27.7 Å². The van der Waals surface area contributed by atoms with Crippen molar-refractivity contribution < 1.29 is 9.84 Å². The summed E-state index contributed by atoms with van der Waals surface area (Å²) in [5.41, 5.74) is -0.110. The molecule has 0 spiro atoms. The van der Waals surface area contributed by atoms with Crippen LogP contribution in [0.15, 0.2) is 0 Å². The first-order valence-electron chi connectivity index (χ1n) is 6.53. The first kappa shape index (κ1) is 15.9. The Morgan fingerprint density at radius 3 is 2.25 bits per heavy atom. The van der Waals surface area contributed by atoms with Crippen LogP contribution in [0.5, 0.6) is 0 Å². The van der Waals surface area contributed by atoms with Gasteiger partial charge in [-0.15, -0.1) is 0 Å². The normalized spacial score (nSPS) is 12.4. The predicted molar refractivity (Wildman–Crippen MR) is 68.7 cm³/mol. The Balaban J connectivity index is 3.55. The standard InChI is InChI=1S/C13H29NO2/c1-5-13(6-2,11-15)14-8-10-16-9-7-12(3)4/h12,14-15H,5-11H2,1-4H3. The van der Waals surface area contributed by atoms with E-state index in [0.29, 0.717) is 5.92 Å². The highest BCUT2D eigenvalue weighted by molar-refractivity contribution is 4.84. The summed E-state index contributed by atoms with van der Waals surface area (Å²) in [4.78, 5) is 0. The van der Waals surface area contributed by atoms with Gasteiger partial charge < -0.3 is 15.2 Å². The van der Waals surface area contributed by atoms with Crippen LogP contribution in [0.4, 0.5) is 0 Å². The van der Waals surface area contributed by atoms with Crippen molar-refractivity contribution >= 4 is 0 Å². The lowest BCUT2D eigenvalue weighted by Gasteiger charge is -2.30. The average molecular weight is 231 g/mol. The Morgan fingerprint density at radius 1 is 1.19 bits per heavy atom. The number of nitrogens with one attached hydrogen (secondary N) is 1. The molecule has 0 unspecified atom stereocenters. The van der Waals surface area contributed by atoms with Crippen LogP contribution >= 0.6 is 0 Å². The zero-order chi connectivity index (χ0) is 12.4. The minimum atomic E-state index is -0.110. The molecule has 0 aliphatic carbocycles. The number of hydrogen-bond donors (Lipinski definition) is 2. The van der Waals surface area contributed by atoms with E-state index >= 15 is 0 Å². The van der Waals surface area contributed by atoms with E-state index in [2.05, 4.69) is 33.0 Å². The quantitative estimate of drug-likeness (QED) is 0.566. The maximum Gasteiger partial charge on any atom is 0.0613 e. The molecule has 0 bridgehead atoms. The van der Waals surface area contributed by atoms with Gasteiger partial charge in [0.25, 0.3) is 0 Å². The van der Waals surface area contributed by atoms with Crippen LogP contribution in [-0.4, -0.2) is 37.0 Å². The van der Waals surface area contributed by atoms with Gasteiger partial charge in [0, 0.05) is 18.7 Å². The molecule has 0 heterocycles. The summed E-state index contributed by atoms with van der Waals surface area (Å²) >= 11 is 0. The van der Waals surface area contributed by atoms with Crippen molar-refractivity contribution in [3.63, 3.8) is 0 Å². The van der Waals surface area contributed by atoms with E-state index in [9.17, 15) is 5.11 Å². The van der Waals surface area contributed by atoms with Gasteiger partial charge in [0.15, 0.2) is 0 Å². The fourth-order valence-electron chi connectivity index (χ4n) is 1.59. The predicted octanol–water partition coefficient (Wildman–Crippen LogP) is 2.19. The minimum Gasteiger partial charge on any atom is -0.394 e. The van der Waals surface area contributed by atoms with Crippen molar-refractivity contribution in [2.24, 2.45) is 5.92 Å². The van der Waals surface area contributed by atoms with Crippen molar-refractivity contribution in [3.8, 4) is 0 Å². The Kier molecular flexibility index (Phi) is 8.90. The second kappa shape index (κ2) is 8.97. The summed E-state index contributed by atoms with van der Waals surface area (Å²) in [5.74, 6) is 0.704. The summed E-state index contributed by atoms with van der Waals surface area (Å²) in [6, 6.07) is 0. The first-order valence-corrected chi connectivity index (χ1v) is 6.53. The Morgan fingerprint density at radius 2 is 1.81 bits per heavy atom. The van der Waals surface area contributed by atoms with Crippen molar-refractivity contribution in [1.29, 1.82) is 0 Å². The molecule has 0 fully saturated rings. The van der Waals surface area contributed by atoms with Crippen LogP contribution in [-0.2, 0) is 4.74 Å². The molecule has 0 saturated carbocycles. The molecule has 0 aliphatic heterocycles. The summed E-state index contributed by atoms with van der Waals surface area (Å²) in [6.07, 6.45) is 3.02. The zero-order valence-corrected chi connectivity index (χ0v) is 11.4. The van der Waals surface area contributed by atoms with E-state index in [0.717, 1.165) is 39.0 Å². The fraction of sp³-hybridized carbons (Fsp3) is 1.00. The molecule has 3 heteroatoms. The highest BCUT2D eigenvalue weighted by atomic mass is 16.5. The highest BCUT2D eigenvalue weighted by Gasteiger charge is 2.23. The van der Waals surface area contributed by atoms with E-state index in [1.165, 1.54) is 0 Å². The van der Waals surface area contributed by atoms with Gasteiger partial charge in [-0.3, -0.25) is 0 Å².